The molecule has 1 aliphatic heterocycles. The van der Waals surface area contributed by atoms with Crippen molar-refractivity contribution >= 4 is 33.3 Å². The minimum Gasteiger partial charge on any atom is -0.359 e. The molecule has 6 heteroatoms. The fourth-order valence-corrected chi connectivity index (χ4v) is 3.79. The smallest absolute Gasteiger partial charge is 0.222 e. The van der Waals surface area contributed by atoms with E-state index in [9.17, 15) is 4.79 Å². The molecule has 0 radical (unpaired) electrons. The number of likely N-dealkylation sites (tertiary alicyclic amines) is 1. The van der Waals surface area contributed by atoms with Crippen LogP contribution >= 0.6 is 11.3 Å². The Kier molecular flexibility index (Phi) is 3.80. The number of anilines is 1. The Balaban J connectivity index is 1.80. The molecule has 0 unspecified atom stereocenters. The van der Waals surface area contributed by atoms with Crippen LogP contribution in [0.25, 0.3) is 10.2 Å². The van der Waals surface area contributed by atoms with Gasteiger partial charge in [-0.05, 0) is 25.3 Å². The third-order valence-electron chi connectivity index (χ3n) is 3.99. The Bertz CT molecular complexity index is 669. The number of thiophene rings is 1. The summed E-state index contributed by atoms with van der Waals surface area (Å²) in [5.74, 6) is 2.42. The maximum Gasteiger partial charge on any atom is 0.222 e. The highest BCUT2D eigenvalue weighted by molar-refractivity contribution is 7.16. The number of rotatable bonds is 4. The van der Waals surface area contributed by atoms with Crippen LogP contribution in [-0.4, -0.2) is 47.5 Å². The van der Waals surface area contributed by atoms with E-state index in [1.165, 1.54) is 0 Å². The molecule has 21 heavy (non-hydrogen) atoms. The Hall–Kier alpha value is -1.69. The van der Waals surface area contributed by atoms with E-state index in [0.29, 0.717) is 12.3 Å². The minimum absolute atomic E-state index is 0.274. The molecular weight excluding hydrogens is 284 g/mol. The zero-order chi connectivity index (χ0) is 15.0. The molecule has 2 aromatic heterocycles. The van der Waals surface area contributed by atoms with Crippen molar-refractivity contribution in [3.05, 3.63) is 17.3 Å². The first-order chi connectivity index (χ1) is 10.1. The summed E-state index contributed by atoms with van der Waals surface area (Å²) in [6.07, 6.45) is 0.648. The van der Waals surface area contributed by atoms with Gasteiger partial charge in [-0.25, -0.2) is 9.97 Å². The molecule has 3 heterocycles. The zero-order valence-corrected chi connectivity index (χ0v) is 13.5. The molecule has 0 aromatic carbocycles. The summed E-state index contributed by atoms with van der Waals surface area (Å²) in [5.41, 5.74) is 0. The van der Waals surface area contributed by atoms with Crippen LogP contribution in [0.5, 0.6) is 0 Å². The number of carbonyl (C=O) groups is 1. The van der Waals surface area contributed by atoms with Crippen LogP contribution in [0.15, 0.2) is 11.4 Å². The Labute approximate surface area is 128 Å². The van der Waals surface area contributed by atoms with Crippen LogP contribution < -0.4 is 4.90 Å². The van der Waals surface area contributed by atoms with Gasteiger partial charge in [0.15, 0.2) is 0 Å². The van der Waals surface area contributed by atoms with Crippen LogP contribution in [0.2, 0.25) is 0 Å². The van der Waals surface area contributed by atoms with Gasteiger partial charge in [-0.2, -0.15) is 0 Å². The average Bonchev–Trinajstić information content (AvgIpc) is 3.03. The quantitative estimate of drug-likeness (QED) is 0.869. The van der Waals surface area contributed by atoms with Crippen molar-refractivity contribution in [3.8, 4) is 0 Å². The first kappa shape index (κ1) is 14.3. The average molecular weight is 304 g/mol. The predicted molar refractivity (Wildman–Crippen MR) is 85.8 cm³/mol. The molecule has 1 fully saturated rings. The molecule has 2 aromatic rings. The minimum atomic E-state index is 0.274. The lowest BCUT2D eigenvalue weighted by molar-refractivity contribution is -0.127. The molecular formula is C15H20N4OS. The molecule has 0 aliphatic carbocycles. The molecule has 1 atom stereocenters. The number of hydrogen-bond donors (Lipinski definition) is 0. The number of nitrogens with zero attached hydrogens (tertiary/aromatic N) is 4. The maximum atomic E-state index is 11.8. The second kappa shape index (κ2) is 5.60. The van der Waals surface area contributed by atoms with E-state index in [2.05, 4.69) is 28.0 Å². The first-order valence-electron chi connectivity index (χ1n) is 7.29. The summed E-state index contributed by atoms with van der Waals surface area (Å²) < 4.78 is 0. The van der Waals surface area contributed by atoms with Crippen molar-refractivity contribution in [2.45, 2.75) is 20.3 Å². The molecule has 3 rings (SSSR count). The standard InChI is InChI=1S/C15H20N4OS/c1-4-19-9-11(7-13(19)20)8-18(3)14-12-5-6-21-15(12)17-10(2)16-14/h5-6,11H,4,7-9H2,1-3H3/t11-/m1/s1. The van der Waals surface area contributed by atoms with Crippen LogP contribution in [-0.2, 0) is 4.79 Å². The fourth-order valence-electron chi connectivity index (χ4n) is 2.99. The van der Waals surface area contributed by atoms with Crippen molar-refractivity contribution in [2.24, 2.45) is 5.92 Å². The van der Waals surface area contributed by atoms with E-state index in [4.69, 9.17) is 0 Å². The van der Waals surface area contributed by atoms with Gasteiger partial charge in [0.2, 0.25) is 5.91 Å². The Morgan fingerprint density at radius 2 is 2.29 bits per heavy atom. The monoisotopic (exact) mass is 304 g/mol. The third kappa shape index (κ3) is 2.72. The highest BCUT2D eigenvalue weighted by atomic mass is 32.1. The van der Waals surface area contributed by atoms with Crippen LogP contribution in [0, 0.1) is 12.8 Å². The summed E-state index contributed by atoms with van der Waals surface area (Å²) >= 11 is 1.64. The summed E-state index contributed by atoms with van der Waals surface area (Å²) in [5, 5.41) is 3.15. The van der Waals surface area contributed by atoms with Crippen LogP contribution in [0.1, 0.15) is 19.2 Å². The zero-order valence-electron chi connectivity index (χ0n) is 12.7. The number of aromatic nitrogens is 2. The molecule has 1 saturated heterocycles. The van der Waals surface area contributed by atoms with Gasteiger partial charge in [-0.3, -0.25) is 4.79 Å². The SMILES string of the molecule is CCN1C[C@@H](CN(C)c2nc(C)nc3sccc23)CC1=O. The normalized spacial score (nSPS) is 18.7. The maximum absolute atomic E-state index is 11.8. The van der Waals surface area contributed by atoms with E-state index in [1.54, 1.807) is 11.3 Å². The second-order valence-electron chi connectivity index (χ2n) is 5.62. The van der Waals surface area contributed by atoms with Gasteiger partial charge in [-0.15, -0.1) is 11.3 Å². The highest BCUT2D eigenvalue weighted by Gasteiger charge is 2.29. The molecule has 5 nitrogen and oxygen atoms in total. The number of aryl methyl sites for hydroxylation is 1. The van der Waals surface area contributed by atoms with Gasteiger partial charge in [0.05, 0.1) is 5.39 Å². The molecule has 0 N–H and O–H groups in total. The van der Waals surface area contributed by atoms with E-state index in [0.717, 1.165) is 41.5 Å². The molecule has 0 bridgehead atoms. The molecule has 1 amide bonds. The van der Waals surface area contributed by atoms with Gasteiger partial charge in [-0.1, -0.05) is 0 Å². The highest BCUT2D eigenvalue weighted by Crippen LogP contribution is 2.28. The van der Waals surface area contributed by atoms with E-state index < -0.39 is 0 Å². The summed E-state index contributed by atoms with van der Waals surface area (Å²) in [4.78, 5) is 26.0. The predicted octanol–water partition coefficient (Wildman–Crippen LogP) is 2.30. The van der Waals surface area contributed by atoms with Gasteiger partial charge in [0.1, 0.15) is 16.5 Å². The van der Waals surface area contributed by atoms with Gasteiger partial charge in [0, 0.05) is 39.0 Å². The van der Waals surface area contributed by atoms with E-state index in [1.807, 2.05) is 24.1 Å². The largest absolute Gasteiger partial charge is 0.359 e. The van der Waals surface area contributed by atoms with Crippen LogP contribution in [0.3, 0.4) is 0 Å². The lowest BCUT2D eigenvalue weighted by Gasteiger charge is -2.23. The van der Waals surface area contributed by atoms with Crippen LogP contribution in [0.4, 0.5) is 5.82 Å². The summed E-state index contributed by atoms with van der Waals surface area (Å²) in [6.45, 7) is 6.47. The molecule has 0 saturated carbocycles. The fraction of sp³-hybridized carbons (Fsp3) is 0.533. The number of carbonyl (C=O) groups excluding carboxylic acids is 1. The molecule has 1 aliphatic rings. The lowest BCUT2D eigenvalue weighted by atomic mass is 10.1. The first-order valence-corrected chi connectivity index (χ1v) is 8.17. The molecule has 112 valence electrons. The van der Waals surface area contributed by atoms with Gasteiger partial charge in [0.25, 0.3) is 0 Å². The number of amides is 1. The lowest BCUT2D eigenvalue weighted by Crippen LogP contribution is -2.29. The summed E-state index contributed by atoms with van der Waals surface area (Å²) in [7, 11) is 2.05. The van der Waals surface area contributed by atoms with Crippen molar-refractivity contribution in [1.29, 1.82) is 0 Å². The second-order valence-corrected chi connectivity index (χ2v) is 6.51. The topological polar surface area (TPSA) is 49.3 Å². The number of fused-ring (bicyclic) bond motifs is 1. The van der Waals surface area contributed by atoms with Crippen molar-refractivity contribution in [1.82, 2.24) is 14.9 Å². The van der Waals surface area contributed by atoms with Crippen molar-refractivity contribution in [2.75, 3.05) is 31.6 Å². The van der Waals surface area contributed by atoms with Gasteiger partial charge >= 0.3 is 0 Å². The summed E-state index contributed by atoms with van der Waals surface area (Å²) in [6, 6.07) is 2.07. The number of hydrogen-bond acceptors (Lipinski definition) is 5. The van der Waals surface area contributed by atoms with E-state index >= 15 is 0 Å². The molecule has 0 spiro atoms. The Morgan fingerprint density at radius 1 is 1.48 bits per heavy atom. The van der Waals surface area contributed by atoms with Gasteiger partial charge < -0.3 is 9.80 Å². The Morgan fingerprint density at radius 3 is 3.00 bits per heavy atom. The van der Waals surface area contributed by atoms with E-state index in [-0.39, 0.29) is 5.91 Å². The van der Waals surface area contributed by atoms with Crippen molar-refractivity contribution in [3.63, 3.8) is 0 Å². The van der Waals surface area contributed by atoms with Crippen molar-refractivity contribution < 1.29 is 4.79 Å². The third-order valence-corrected chi connectivity index (χ3v) is 4.79.